The Bertz CT molecular complexity index is 1470. The topological polar surface area (TPSA) is 106 Å². The summed E-state index contributed by atoms with van der Waals surface area (Å²) in [6.45, 7) is 18.7. The summed E-state index contributed by atoms with van der Waals surface area (Å²) in [5, 5.41) is 9.30. The maximum Gasteiger partial charge on any atom is 0.248 e. The molecule has 1 aromatic carbocycles. The standard InChI is InChI=1S/C38H59N5O5.C7H12F2.C2H6/c1-5-15-44-16-17-45-18-19-46-20-21-47-22-23-48-35-27-38(28-35)25-33(26-38)37-41-40-31(4)43(37)30(3)24-34-12-11-29(2)42(34)14-13-36(39)32-9-7-6-8-10-32;1-6-2-4-7(8,9)5-3-6;1-2/h1,6-10,29-30,33-36H,11-28,39H2,2-4H3;6H,2-5H2,1H3;1-2H3. The summed E-state index contributed by atoms with van der Waals surface area (Å²) in [6, 6.07) is 12.1. The SMILES string of the molecule is C#CCOCCOCCOCCOCCOC1CC2(C1)CC(c1nnc(C)n1C(C)CC1CCC(C)N1CCC(N)c1ccccc1)C2.CC.CC1CCC(F)(F)CC1. The molecule has 1 spiro atoms. The van der Waals surface area contributed by atoms with Gasteiger partial charge in [-0.15, -0.1) is 16.6 Å². The van der Waals surface area contributed by atoms with Crippen LogP contribution in [0.1, 0.15) is 147 Å². The maximum atomic E-state index is 12.4. The lowest BCUT2D eigenvalue weighted by Gasteiger charge is -2.57. The molecular weight excluding hydrogens is 753 g/mol. The minimum atomic E-state index is -2.34. The van der Waals surface area contributed by atoms with E-state index in [-0.39, 0.29) is 18.9 Å². The van der Waals surface area contributed by atoms with E-state index in [0.29, 0.717) is 114 Å². The van der Waals surface area contributed by atoms with Crippen LogP contribution in [-0.4, -0.2) is 110 Å². The molecule has 6 rings (SSSR count). The number of alkyl halides is 2. The Kier molecular flexibility index (Phi) is 21.2. The van der Waals surface area contributed by atoms with Crippen LogP contribution in [0.5, 0.6) is 0 Å². The van der Waals surface area contributed by atoms with Gasteiger partial charge in [0.15, 0.2) is 0 Å². The number of rotatable bonds is 22. The van der Waals surface area contributed by atoms with Gasteiger partial charge in [-0.1, -0.05) is 57.0 Å². The molecule has 2 N–H and O–H groups in total. The summed E-state index contributed by atoms with van der Waals surface area (Å²) in [7, 11) is 0. The quantitative estimate of drug-likeness (QED) is 0.0920. The first-order valence-corrected chi connectivity index (χ1v) is 22.7. The Labute approximate surface area is 355 Å². The van der Waals surface area contributed by atoms with Crippen LogP contribution in [0.3, 0.4) is 0 Å². The molecule has 4 aliphatic rings. The first kappa shape index (κ1) is 49.2. The summed E-state index contributed by atoms with van der Waals surface area (Å²) < 4.78 is 55.1. The Balaban J connectivity index is 0.000000611. The van der Waals surface area contributed by atoms with Gasteiger partial charge in [0.2, 0.25) is 5.92 Å². The van der Waals surface area contributed by atoms with E-state index < -0.39 is 5.92 Å². The second-order valence-corrected chi connectivity index (χ2v) is 17.3. The number of hydrogen-bond acceptors (Lipinski definition) is 9. The van der Waals surface area contributed by atoms with Crippen molar-refractivity contribution in [1.82, 2.24) is 19.7 Å². The Morgan fingerprint density at radius 1 is 0.847 bits per heavy atom. The number of nitrogens with two attached hydrogens (primary N) is 1. The van der Waals surface area contributed by atoms with Crippen molar-refractivity contribution in [2.24, 2.45) is 17.1 Å². The van der Waals surface area contributed by atoms with E-state index in [1.807, 2.05) is 20.8 Å². The normalized spacial score (nSPS) is 26.1. The van der Waals surface area contributed by atoms with Crippen molar-refractivity contribution in [3.63, 3.8) is 0 Å². The lowest BCUT2D eigenvalue weighted by atomic mass is 9.50. The van der Waals surface area contributed by atoms with E-state index in [9.17, 15) is 8.78 Å². The smallest absolute Gasteiger partial charge is 0.248 e. The highest BCUT2D eigenvalue weighted by atomic mass is 19.3. The van der Waals surface area contributed by atoms with Crippen LogP contribution >= 0.6 is 0 Å². The lowest BCUT2D eigenvalue weighted by molar-refractivity contribution is -0.134. The molecule has 1 saturated heterocycles. The number of benzene rings is 1. The number of terminal acetylenes is 1. The molecule has 2 aromatic rings. The Hall–Kier alpha value is -2.50. The van der Waals surface area contributed by atoms with Gasteiger partial charge in [0.25, 0.3) is 0 Å². The number of ether oxygens (including phenoxy) is 5. The van der Waals surface area contributed by atoms with Gasteiger partial charge in [-0.05, 0) is 102 Å². The van der Waals surface area contributed by atoms with Gasteiger partial charge < -0.3 is 34.0 Å². The van der Waals surface area contributed by atoms with Crippen LogP contribution < -0.4 is 5.73 Å². The van der Waals surface area contributed by atoms with E-state index in [4.69, 9.17) is 40.9 Å². The highest BCUT2D eigenvalue weighted by molar-refractivity contribution is 5.18. The van der Waals surface area contributed by atoms with Gasteiger partial charge in [0.1, 0.15) is 18.3 Å². The molecule has 12 heteroatoms. The monoisotopic (exact) mass is 830 g/mol. The number of nitrogens with zero attached hydrogens (tertiary/aromatic N) is 4. The number of hydrogen-bond donors (Lipinski definition) is 1. The van der Waals surface area contributed by atoms with E-state index in [1.165, 1.54) is 37.1 Å². The third kappa shape index (κ3) is 15.7. The zero-order valence-electron chi connectivity index (χ0n) is 37.2. The van der Waals surface area contributed by atoms with Crippen LogP contribution in [0.2, 0.25) is 0 Å². The minimum absolute atomic E-state index is 0.0819. The Morgan fingerprint density at radius 2 is 1.44 bits per heavy atom. The van der Waals surface area contributed by atoms with Crippen LogP contribution in [0, 0.1) is 30.6 Å². The summed E-state index contributed by atoms with van der Waals surface area (Å²) in [5.74, 6) is 3.33. The van der Waals surface area contributed by atoms with E-state index in [2.05, 4.69) is 71.6 Å². The summed E-state index contributed by atoms with van der Waals surface area (Å²) in [4.78, 5) is 2.71. The molecule has 1 aromatic heterocycles. The molecule has 0 radical (unpaired) electrons. The van der Waals surface area contributed by atoms with Crippen molar-refractivity contribution in [3.05, 3.63) is 47.5 Å². The first-order valence-electron chi connectivity index (χ1n) is 22.7. The molecule has 3 aliphatic carbocycles. The average Bonchev–Trinajstić information content (AvgIpc) is 3.76. The number of likely N-dealkylation sites (tertiary alicyclic amines) is 1. The highest BCUT2D eigenvalue weighted by Crippen LogP contribution is 2.62. The summed E-state index contributed by atoms with van der Waals surface area (Å²) in [5.41, 5.74) is 8.23. The molecule has 10 nitrogen and oxygen atoms in total. The molecule has 59 heavy (non-hydrogen) atoms. The van der Waals surface area contributed by atoms with Gasteiger partial charge in [-0.25, -0.2) is 8.78 Å². The summed E-state index contributed by atoms with van der Waals surface area (Å²) in [6.07, 6.45) is 16.4. The zero-order chi connectivity index (χ0) is 42.7. The molecule has 4 fully saturated rings. The number of aromatic nitrogens is 3. The zero-order valence-corrected chi connectivity index (χ0v) is 37.2. The number of aryl methyl sites for hydroxylation is 1. The van der Waals surface area contributed by atoms with Gasteiger partial charge in [0.05, 0.1) is 59.0 Å². The fourth-order valence-corrected chi connectivity index (χ4v) is 9.42. The molecule has 4 atom stereocenters. The van der Waals surface area contributed by atoms with Gasteiger partial charge >= 0.3 is 0 Å². The lowest BCUT2D eigenvalue weighted by Crippen LogP contribution is -2.50. The van der Waals surface area contributed by atoms with Crippen molar-refractivity contribution in [2.75, 3.05) is 66.0 Å². The van der Waals surface area contributed by atoms with Crippen LogP contribution in [0.4, 0.5) is 8.78 Å². The van der Waals surface area contributed by atoms with E-state index in [1.54, 1.807) is 0 Å². The number of halogens is 2. The molecule has 2 heterocycles. The van der Waals surface area contributed by atoms with Crippen molar-refractivity contribution in [3.8, 4) is 12.3 Å². The van der Waals surface area contributed by atoms with Crippen LogP contribution in [0.25, 0.3) is 0 Å². The average molecular weight is 830 g/mol. The van der Waals surface area contributed by atoms with Crippen LogP contribution in [-0.2, 0) is 23.7 Å². The maximum absolute atomic E-state index is 12.4. The molecule has 4 unspecified atom stereocenters. The summed E-state index contributed by atoms with van der Waals surface area (Å²) >= 11 is 0. The van der Waals surface area contributed by atoms with Crippen molar-refractivity contribution in [2.45, 2.75) is 161 Å². The fourth-order valence-electron chi connectivity index (χ4n) is 9.42. The predicted octanol–water partition coefficient (Wildman–Crippen LogP) is 9.08. The molecule has 334 valence electrons. The highest BCUT2D eigenvalue weighted by Gasteiger charge is 2.55. The second-order valence-electron chi connectivity index (χ2n) is 17.3. The second kappa shape index (κ2) is 25.4. The molecular formula is C47H77F2N5O5. The minimum Gasteiger partial charge on any atom is -0.377 e. The molecule has 0 bridgehead atoms. The van der Waals surface area contributed by atoms with Gasteiger partial charge in [-0.3, -0.25) is 4.90 Å². The molecule has 0 amide bonds. The third-order valence-electron chi connectivity index (χ3n) is 12.8. The fraction of sp³-hybridized carbons (Fsp3) is 0.787. The van der Waals surface area contributed by atoms with E-state index >= 15 is 0 Å². The van der Waals surface area contributed by atoms with Crippen LogP contribution in [0.15, 0.2) is 30.3 Å². The van der Waals surface area contributed by atoms with Crippen molar-refractivity contribution in [1.29, 1.82) is 0 Å². The Morgan fingerprint density at radius 3 is 2.03 bits per heavy atom. The third-order valence-corrected chi connectivity index (χ3v) is 12.8. The largest absolute Gasteiger partial charge is 0.377 e. The van der Waals surface area contributed by atoms with Crippen molar-refractivity contribution >= 4 is 0 Å². The van der Waals surface area contributed by atoms with Gasteiger partial charge in [0, 0.05) is 49.5 Å². The van der Waals surface area contributed by atoms with E-state index in [0.717, 1.165) is 38.1 Å². The molecule has 1 aliphatic heterocycles. The first-order chi connectivity index (χ1) is 28.5. The predicted molar refractivity (Wildman–Crippen MR) is 231 cm³/mol. The van der Waals surface area contributed by atoms with Crippen molar-refractivity contribution < 1.29 is 32.5 Å². The van der Waals surface area contributed by atoms with Gasteiger partial charge in [-0.2, -0.15) is 0 Å². The molecule has 3 saturated carbocycles.